The minimum Gasteiger partial charge on any atom is -0.369 e. The van der Waals surface area contributed by atoms with E-state index in [1.165, 1.54) is 24.1 Å². The molecule has 0 atom stereocenters. The monoisotopic (exact) mass is 491 g/mol. The summed E-state index contributed by atoms with van der Waals surface area (Å²) in [4.78, 5) is 9.44. The Hall–Kier alpha value is -3.47. The largest absolute Gasteiger partial charge is 0.369 e. The van der Waals surface area contributed by atoms with Crippen molar-refractivity contribution < 1.29 is 8.42 Å². The van der Waals surface area contributed by atoms with Gasteiger partial charge in [0.15, 0.2) is 0 Å². The van der Waals surface area contributed by atoms with Crippen molar-refractivity contribution in [1.29, 1.82) is 0 Å². The number of rotatable bonds is 6. The molecule has 4 aromatic rings. The lowest BCUT2D eigenvalue weighted by molar-refractivity contribution is 0.313. The fourth-order valence-corrected chi connectivity index (χ4v) is 5.04. The van der Waals surface area contributed by atoms with Crippen molar-refractivity contribution in [3.8, 4) is 11.3 Å². The van der Waals surface area contributed by atoms with E-state index >= 15 is 0 Å². The maximum atomic E-state index is 12.4. The standard InChI is InChI=1S/C25H29N7O2S/c1-29(2)35(33,34)23-11-4-19(5-12-23)24-13-10-22-18-26-25(28-32(22)24)27-20-6-8-21(9-7-20)31-16-14-30(3)15-17-31/h4-13,18H,14-17H2,1-3H3,(H,27,28). The number of anilines is 3. The van der Waals surface area contributed by atoms with Gasteiger partial charge in [-0.3, -0.25) is 0 Å². The molecular formula is C25H29N7O2S. The van der Waals surface area contributed by atoms with E-state index in [-0.39, 0.29) is 4.90 Å². The summed E-state index contributed by atoms with van der Waals surface area (Å²) >= 11 is 0. The zero-order valence-corrected chi connectivity index (χ0v) is 20.9. The van der Waals surface area contributed by atoms with E-state index in [4.69, 9.17) is 0 Å². The average molecular weight is 492 g/mol. The Labute approximate surface area is 205 Å². The Kier molecular flexibility index (Phi) is 6.18. The van der Waals surface area contributed by atoms with Crippen LogP contribution in [0, 0.1) is 0 Å². The number of hydrogen-bond donors (Lipinski definition) is 1. The summed E-state index contributed by atoms with van der Waals surface area (Å²) in [6, 6.07) is 19.0. The van der Waals surface area contributed by atoms with Crippen LogP contribution in [0.3, 0.4) is 0 Å². The SMILES string of the molecule is CN1CCN(c2ccc(Nc3ncc4ccc(-c5ccc(S(=O)(=O)N(C)C)cc5)n4n3)cc2)CC1. The summed E-state index contributed by atoms with van der Waals surface area (Å²) in [6.45, 7) is 4.20. The third kappa shape index (κ3) is 4.72. The second-order valence-electron chi connectivity index (χ2n) is 8.91. The quantitative estimate of drug-likeness (QED) is 0.443. The minimum atomic E-state index is -3.47. The van der Waals surface area contributed by atoms with Crippen LogP contribution < -0.4 is 10.2 Å². The smallest absolute Gasteiger partial charge is 0.245 e. The molecule has 10 heteroatoms. The lowest BCUT2D eigenvalue weighted by atomic mass is 10.2. The van der Waals surface area contributed by atoms with Crippen molar-refractivity contribution in [2.45, 2.75) is 4.90 Å². The highest BCUT2D eigenvalue weighted by molar-refractivity contribution is 7.89. The average Bonchev–Trinajstić information content (AvgIpc) is 3.28. The van der Waals surface area contributed by atoms with E-state index in [2.05, 4.69) is 44.4 Å². The van der Waals surface area contributed by atoms with Crippen molar-refractivity contribution in [3.05, 3.63) is 66.9 Å². The predicted octanol–water partition coefficient (Wildman–Crippen LogP) is 3.14. The first-order chi connectivity index (χ1) is 16.8. The highest BCUT2D eigenvalue weighted by Crippen LogP contribution is 2.25. The zero-order chi connectivity index (χ0) is 24.6. The van der Waals surface area contributed by atoms with Gasteiger partial charge < -0.3 is 15.1 Å². The summed E-state index contributed by atoms with van der Waals surface area (Å²) in [6.07, 6.45) is 1.77. The van der Waals surface area contributed by atoms with Crippen LogP contribution in [0.25, 0.3) is 16.8 Å². The van der Waals surface area contributed by atoms with E-state index < -0.39 is 10.0 Å². The molecule has 2 aromatic heterocycles. The maximum Gasteiger partial charge on any atom is 0.245 e. The minimum absolute atomic E-state index is 0.254. The van der Waals surface area contributed by atoms with Gasteiger partial charge in [0.1, 0.15) is 0 Å². The van der Waals surface area contributed by atoms with Crippen LogP contribution in [0.2, 0.25) is 0 Å². The maximum absolute atomic E-state index is 12.4. The molecule has 0 unspecified atom stereocenters. The van der Waals surface area contributed by atoms with Crippen LogP contribution in [-0.4, -0.2) is 79.5 Å². The van der Waals surface area contributed by atoms with E-state index in [0.717, 1.165) is 48.6 Å². The van der Waals surface area contributed by atoms with Crippen molar-refractivity contribution in [2.24, 2.45) is 0 Å². The van der Waals surface area contributed by atoms with Crippen LogP contribution in [0.5, 0.6) is 0 Å². The van der Waals surface area contributed by atoms with E-state index in [9.17, 15) is 8.42 Å². The van der Waals surface area contributed by atoms with Gasteiger partial charge in [-0.15, -0.1) is 5.10 Å². The molecule has 0 aliphatic carbocycles. The number of likely N-dealkylation sites (N-methyl/N-ethyl adjacent to an activating group) is 1. The van der Waals surface area contributed by atoms with Crippen molar-refractivity contribution in [1.82, 2.24) is 23.8 Å². The molecule has 9 nitrogen and oxygen atoms in total. The molecule has 1 fully saturated rings. The Morgan fingerprint density at radius 1 is 0.886 bits per heavy atom. The lowest BCUT2D eigenvalue weighted by Gasteiger charge is -2.34. The molecule has 0 amide bonds. The van der Waals surface area contributed by atoms with Crippen LogP contribution in [0.1, 0.15) is 0 Å². The summed E-state index contributed by atoms with van der Waals surface area (Å²) in [5, 5.41) is 7.97. The molecule has 35 heavy (non-hydrogen) atoms. The third-order valence-electron chi connectivity index (χ3n) is 6.32. The van der Waals surface area contributed by atoms with Gasteiger partial charge in [-0.1, -0.05) is 12.1 Å². The topological polar surface area (TPSA) is 86.1 Å². The normalized spacial score (nSPS) is 15.1. The van der Waals surface area contributed by atoms with Crippen LogP contribution >= 0.6 is 0 Å². The number of nitrogens with one attached hydrogen (secondary N) is 1. The molecule has 0 spiro atoms. The first kappa shape index (κ1) is 23.3. The first-order valence-electron chi connectivity index (χ1n) is 11.5. The van der Waals surface area contributed by atoms with Gasteiger partial charge in [-0.2, -0.15) is 0 Å². The summed E-state index contributed by atoms with van der Waals surface area (Å²) in [5.41, 5.74) is 4.69. The van der Waals surface area contributed by atoms with Gasteiger partial charge in [0.25, 0.3) is 0 Å². The molecule has 3 heterocycles. The Morgan fingerprint density at radius 3 is 2.23 bits per heavy atom. The molecular weight excluding hydrogens is 462 g/mol. The number of sulfonamides is 1. The van der Waals surface area contributed by atoms with Gasteiger partial charge in [-0.25, -0.2) is 22.2 Å². The number of hydrogen-bond acceptors (Lipinski definition) is 7. The molecule has 0 bridgehead atoms. The van der Waals surface area contributed by atoms with E-state index in [1.807, 2.05) is 28.8 Å². The Morgan fingerprint density at radius 2 is 1.57 bits per heavy atom. The van der Waals surface area contributed by atoms with Crippen LogP contribution in [-0.2, 0) is 10.0 Å². The van der Waals surface area contributed by atoms with Crippen molar-refractivity contribution in [3.63, 3.8) is 0 Å². The van der Waals surface area contributed by atoms with E-state index in [1.54, 1.807) is 30.5 Å². The van der Waals surface area contributed by atoms with Gasteiger partial charge in [0.2, 0.25) is 16.0 Å². The first-order valence-corrected chi connectivity index (χ1v) is 12.9. The fraction of sp³-hybridized carbons (Fsp3) is 0.280. The van der Waals surface area contributed by atoms with Crippen molar-refractivity contribution in [2.75, 3.05) is 57.5 Å². The number of fused-ring (bicyclic) bond motifs is 1. The molecule has 1 aliphatic rings. The highest BCUT2D eigenvalue weighted by Gasteiger charge is 2.18. The second-order valence-corrected chi connectivity index (χ2v) is 11.1. The van der Waals surface area contributed by atoms with Gasteiger partial charge in [0, 0.05) is 57.2 Å². The fourth-order valence-electron chi connectivity index (χ4n) is 4.14. The molecule has 1 saturated heterocycles. The molecule has 182 valence electrons. The van der Waals surface area contributed by atoms with Crippen LogP contribution in [0.15, 0.2) is 71.8 Å². The number of benzene rings is 2. The predicted molar refractivity (Wildman–Crippen MR) is 139 cm³/mol. The van der Waals surface area contributed by atoms with Gasteiger partial charge in [0.05, 0.1) is 22.3 Å². The Balaban J connectivity index is 1.36. The lowest BCUT2D eigenvalue weighted by Crippen LogP contribution is -2.44. The second kappa shape index (κ2) is 9.29. The summed E-state index contributed by atoms with van der Waals surface area (Å²) in [5.74, 6) is 0.481. The Bertz CT molecular complexity index is 1420. The molecule has 1 aliphatic heterocycles. The number of piperazine rings is 1. The van der Waals surface area contributed by atoms with E-state index in [0.29, 0.717) is 5.95 Å². The highest BCUT2D eigenvalue weighted by atomic mass is 32.2. The molecule has 1 N–H and O–H groups in total. The number of aromatic nitrogens is 3. The van der Waals surface area contributed by atoms with Crippen LogP contribution in [0.4, 0.5) is 17.3 Å². The molecule has 0 saturated carbocycles. The molecule has 5 rings (SSSR count). The number of nitrogens with zero attached hydrogens (tertiary/aromatic N) is 6. The van der Waals surface area contributed by atoms with Gasteiger partial charge >= 0.3 is 0 Å². The van der Waals surface area contributed by atoms with Crippen molar-refractivity contribution >= 4 is 32.9 Å². The summed E-state index contributed by atoms with van der Waals surface area (Å²) in [7, 11) is 1.73. The molecule has 2 aromatic carbocycles. The van der Waals surface area contributed by atoms with Gasteiger partial charge in [-0.05, 0) is 55.6 Å². The third-order valence-corrected chi connectivity index (χ3v) is 8.15. The summed E-state index contributed by atoms with van der Waals surface area (Å²) < 4.78 is 27.8. The zero-order valence-electron chi connectivity index (χ0n) is 20.1. The molecule has 0 radical (unpaired) electrons.